The standard InChI is InChI=1S/C30H37N7/c1-4-36-13-15-37(16-14-36)20-23-7-8-27(32-19-23)35-29-31-12-9-26(34-29)24-17-21(2)28-25(18-24)30(22(3)33-28)10-5-6-11-30/h7-9,12,17-19H,4-6,10-11,13-16,20H2,1-3H3,(H,31,32,34,35). The van der Waals surface area contributed by atoms with E-state index in [4.69, 9.17) is 9.98 Å². The van der Waals surface area contributed by atoms with Gasteiger partial charge in [-0.2, -0.15) is 0 Å². The summed E-state index contributed by atoms with van der Waals surface area (Å²) in [5.41, 5.74) is 8.47. The Kier molecular flexibility index (Phi) is 6.51. The number of benzene rings is 1. The van der Waals surface area contributed by atoms with Gasteiger partial charge < -0.3 is 10.2 Å². The van der Waals surface area contributed by atoms with Crippen LogP contribution in [0.2, 0.25) is 0 Å². The van der Waals surface area contributed by atoms with E-state index in [1.54, 1.807) is 0 Å². The number of likely N-dealkylation sites (N-methyl/N-ethyl adjacent to an activating group) is 1. The van der Waals surface area contributed by atoms with Crippen LogP contribution in [0, 0.1) is 6.92 Å². The fourth-order valence-electron chi connectivity index (χ4n) is 6.33. The lowest BCUT2D eigenvalue weighted by atomic mass is 9.75. The van der Waals surface area contributed by atoms with Crippen LogP contribution >= 0.6 is 0 Å². The molecule has 1 aromatic carbocycles. The molecule has 0 amide bonds. The van der Waals surface area contributed by atoms with Crippen LogP contribution in [0.15, 0.2) is 47.7 Å². The van der Waals surface area contributed by atoms with Crippen molar-refractivity contribution >= 4 is 23.2 Å². The van der Waals surface area contributed by atoms with E-state index < -0.39 is 0 Å². The molecule has 2 aliphatic heterocycles. The van der Waals surface area contributed by atoms with E-state index in [-0.39, 0.29) is 5.41 Å². The van der Waals surface area contributed by atoms with E-state index in [0.29, 0.717) is 5.95 Å². The van der Waals surface area contributed by atoms with Crippen LogP contribution in [0.3, 0.4) is 0 Å². The minimum atomic E-state index is 0.124. The Balaban J connectivity index is 1.17. The van der Waals surface area contributed by atoms with Crippen LogP contribution in [-0.2, 0) is 12.0 Å². The molecule has 0 unspecified atom stereocenters. The van der Waals surface area contributed by atoms with Crippen molar-refractivity contribution in [3.63, 3.8) is 0 Å². The van der Waals surface area contributed by atoms with Gasteiger partial charge in [-0.05, 0) is 74.2 Å². The second-order valence-corrected chi connectivity index (χ2v) is 10.8. The molecule has 3 aromatic rings. The zero-order valence-corrected chi connectivity index (χ0v) is 22.3. The van der Waals surface area contributed by atoms with E-state index in [1.807, 2.05) is 24.5 Å². The van der Waals surface area contributed by atoms with E-state index in [9.17, 15) is 0 Å². The van der Waals surface area contributed by atoms with Gasteiger partial charge in [-0.3, -0.25) is 9.89 Å². The minimum Gasteiger partial charge on any atom is -0.309 e. The number of aromatic nitrogens is 3. The molecule has 7 heteroatoms. The zero-order valence-electron chi connectivity index (χ0n) is 22.3. The number of rotatable bonds is 6. The Morgan fingerprint density at radius 1 is 0.946 bits per heavy atom. The first-order chi connectivity index (χ1) is 18.0. The topological polar surface area (TPSA) is 69.5 Å². The van der Waals surface area contributed by atoms with Crippen molar-refractivity contribution in [2.45, 2.75) is 58.4 Å². The molecule has 1 spiro atoms. The van der Waals surface area contributed by atoms with E-state index in [2.05, 4.69) is 64.1 Å². The van der Waals surface area contributed by atoms with Gasteiger partial charge in [-0.15, -0.1) is 0 Å². The number of nitrogens with one attached hydrogen (secondary N) is 1. The fourth-order valence-corrected chi connectivity index (χ4v) is 6.33. The quantitative estimate of drug-likeness (QED) is 0.477. The number of pyridine rings is 1. The molecule has 4 heterocycles. The lowest BCUT2D eigenvalue weighted by Gasteiger charge is -2.33. The van der Waals surface area contributed by atoms with Crippen molar-refractivity contribution in [2.75, 3.05) is 38.0 Å². The molecule has 1 saturated carbocycles. The van der Waals surface area contributed by atoms with E-state index in [1.165, 1.54) is 53.8 Å². The van der Waals surface area contributed by atoms with Crippen LogP contribution in [0.4, 0.5) is 17.5 Å². The van der Waals surface area contributed by atoms with Gasteiger partial charge in [-0.25, -0.2) is 15.0 Å². The van der Waals surface area contributed by atoms with E-state index in [0.717, 1.165) is 56.3 Å². The van der Waals surface area contributed by atoms with Crippen molar-refractivity contribution in [2.24, 2.45) is 4.99 Å². The first-order valence-corrected chi connectivity index (χ1v) is 13.7. The Bertz CT molecular complexity index is 1300. The average molecular weight is 496 g/mol. The largest absolute Gasteiger partial charge is 0.309 e. The highest BCUT2D eigenvalue weighted by atomic mass is 15.3. The van der Waals surface area contributed by atoms with Crippen molar-refractivity contribution in [3.05, 3.63) is 59.4 Å². The number of hydrogen-bond acceptors (Lipinski definition) is 7. The van der Waals surface area contributed by atoms with Crippen molar-refractivity contribution in [1.82, 2.24) is 24.8 Å². The highest BCUT2D eigenvalue weighted by Gasteiger charge is 2.44. The van der Waals surface area contributed by atoms with Crippen molar-refractivity contribution in [3.8, 4) is 11.3 Å². The van der Waals surface area contributed by atoms with Crippen LogP contribution < -0.4 is 5.32 Å². The fraction of sp³-hybridized carbons (Fsp3) is 0.467. The highest BCUT2D eigenvalue weighted by molar-refractivity contribution is 6.01. The van der Waals surface area contributed by atoms with Crippen LogP contribution in [-0.4, -0.2) is 63.2 Å². The molecule has 192 valence electrons. The van der Waals surface area contributed by atoms with Gasteiger partial charge in [0, 0.05) is 61.8 Å². The maximum Gasteiger partial charge on any atom is 0.228 e. The summed E-state index contributed by atoms with van der Waals surface area (Å²) < 4.78 is 0. The van der Waals surface area contributed by atoms with Gasteiger partial charge in [0.2, 0.25) is 5.95 Å². The third-order valence-corrected chi connectivity index (χ3v) is 8.58. The van der Waals surface area contributed by atoms with Crippen molar-refractivity contribution < 1.29 is 0 Å². The molecule has 0 atom stereocenters. The Morgan fingerprint density at radius 3 is 2.46 bits per heavy atom. The first kappa shape index (κ1) is 24.2. The zero-order chi connectivity index (χ0) is 25.4. The third-order valence-electron chi connectivity index (χ3n) is 8.58. The summed E-state index contributed by atoms with van der Waals surface area (Å²) in [4.78, 5) is 24.0. The molecule has 0 radical (unpaired) electrons. The molecule has 2 aromatic heterocycles. The van der Waals surface area contributed by atoms with Crippen LogP contribution in [0.25, 0.3) is 11.3 Å². The van der Waals surface area contributed by atoms with Crippen LogP contribution in [0.5, 0.6) is 0 Å². The smallest absolute Gasteiger partial charge is 0.228 e. The Labute approximate surface area is 220 Å². The summed E-state index contributed by atoms with van der Waals surface area (Å²) in [5, 5.41) is 3.30. The Hall–Kier alpha value is -3.16. The first-order valence-electron chi connectivity index (χ1n) is 13.7. The monoisotopic (exact) mass is 495 g/mol. The molecule has 1 saturated heterocycles. The predicted molar refractivity (Wildman–Crippen MR) is 150 cm³/mol. The summed E-state index contributed by atoms with van der Waals surface area (Å²) in [6, 6.07) is 10.7. The number of fused-ring (bicyclic) bond motifs is 2. The Morgan fingerprint density at radius 2 is 1.73 bits per heavy atom. The number of anilines is 2. The lowest BCUT2D eigenvalue weighted by Crippen LogP contribution is -2.45. The molecule has 0 bridgehead atoms. The molecule has 1 aliphatic carbocycles. The highest BCUT2D eigenvalue weighted by Crippen LogP contribution is 2.52. The third kappa shape index (κ3) is 4.66. The molecule has 3 aliphatic rings. The summed E-state index contributed by atoms with van der Waals surface area (Å²) in [7, 11) is 0. The average Bonchev–Trinajstić information content (AvgIpc) is 3.52. The van der Waals surface area contributed by atoms with Gasteiger partial charge in [0.15, 0.2) is 0 Å². The minimum absolute atomic E-state index is 0.124. The molecule has 1 N–H and O–H groups in total. The number of piperazine rings is 1. The number of hydrogen-bond donors (Lipinski definition) is 1. The number of aryl methyl sites for hydroxylation is 1. The summed E-state index contributed by atoms with van der Waals surface area (Å²) in [6.45, 7) is 13.2. The molecule has 37 heavy (non-hydrogen) atoms. The lowest BCUT2D eigenvalue weighted by molar-refractivity contribution is 0.132. The molecular formula is C30H37N7. The summed E-state index contributed by atoms with van der Waals surface area (Å²) in [6.07, 6.45) is 8.74. The van der Waals surface area contributed by atoms with Gasteiger partial charge in [0.05, 0.1) is 11.4 Å². The van der Waals surface area contributed by atoms with E-state index >= 15 is 0 Å². The molecule has 7 nitrogen and oxygen atoms in total. The van der Waals surface area contributed by atoms with Gasteiger partial charge in [0.25, 0.3) is 0 Å². The van der Waals surface area contributed by atoms with Gasteiger partial charge >= 0.3 is 0 Å². The number of nitrogens with zero attached hydrogens (tertiary/aromatic N) is 6. The summed E-state index contributed by atoms with van der Waals surface area (Å²) in [5.74, 6) is 1.32. The molecule has 6 rings (SSSR count). The summed E-state index contributed by atoms with van der Waals surface area (Å²) >= 11 is 0. The van der Waals surface area contributed by atoms with Crippen LogP contribution in [0.1, 0.15) is 56.2 Å². The SMILES string of the molecule is CCN1CCN(Cc2ccc(Nc3nccc(-c4cc(C)c5c(c4)C4(CCCC4)C(C)=N5)n3)nc2)CC1. The number of aliphatic imine (C=N–C) groups is 1. The maximum atomic E-state index is 5.00. The predicted octanol–water partition coefficient (Wildman–Crippen LogP) is 5.65. The normalized spacial score (nSPS) is 19.3. The molecule has 2 fully saturated rings. The van der Waals surface area contributed by atoms with Crippen molar-refractivity contribution in [1.29, 1.82) is 0 Å². The second-order valence-electron chi connectivity index (χ2n) is 10.8. The second kappa shape index (κ2) is 9.95. The van der Waals surface area contributed by atoms with Gasteiger partial charge in [0.1, 0.15) is 5.82 Å². The maximum absolute atomic E-state index is 5.00. The molecular weight excluding hydrogens is 458 g/mol. The van der Waals surface area contributed by atoms with Gasteiger partial charge in [-0.1, -0.05) is 25.8 Å².